The third-order valence-corrected chi connectivity index (χ3v) is 0.493. The molecule has 3 nitrogen and oxygen atoms in total. The Kier molecular flexibility index (Phi) is 13.8. The Bertz CT molecular complexity index is 78.3. The predicted octanol–water partition coefficient (Wildman–Crippen LogP) is 1.65. The fourth-order valence-electron chi connectivity index (χ4n) is 0.204. The van der Waals surface area contributed by atoms with Crippen molar-refractivity contribution in [1.82, 2.24) is 0 Å². The molecule has 0 radical (unpaired) electrons. The van der Waals surface area contributed by atoms with Crippen molar-refractivity contribution in [3.05, 3.63) is 12.7 Å². The van der Waals surface area contributed by atoms with Gasteiger partial charge in [-0.2, -0.15) is 4.21 Å². The van der Waals surface area contributed by atoms with Crippen LogP contribution in [-0.4, -0.2) is 13.3 Å². The quantitative estimate of drug-likeness (QED) is 0.467. The molecule has 56 valence electrons. The second-order valence-electron chi connectivity index (χ2n) is 1.31. The van der Waals surface area contributed by atoms with Crippen LogP contribution in [0.3, 0.4) is 0 Å². The Morgan fingerprint density at radius 1 is 1.67 bits per heavy atom. The molecule has 0 rings (SSSR count). The summed E-state index contributed by atoms with van der Waals surface area (Å²) in [4.78, 5) is 0. The molecule has 0 atom stereocenters. The first-order valence-corrected chi connectivity index (χ1v) is 3.62. The molecule has 0 aromatic carbocycles. The number of hydrogen-bond donors (Lipinski definition) is 2. The molecule has 0 aliphatic carbocycles. The van der Waals surface area contributed by atoms with E-state index in [1.54, 1.807) is 0 Å². The lowest BCUT2D eigenvalue weighted by Gasteiger charge is -1.72. The standard InChI is InChI=1S/C5H10.H2O3S/c1-3-5-4-2;1-4(2)3/h3H,1,4-5H2,2H3;(H2,1,2,3). The van der Waals surface area contributed by atoms with E-state index in [0.29, 0.717) is 0 Å². The van der Waals surface area contributed by atoms with Gasteiger partial charge >= 0.3 is 0 Å². The highest BCUT2D eigenvalue weighted by molar-refractivity contribution is 7.73. The number of rotatable bonds is 2. The fraction of sp³-hybridized carbons (Fsp3) is 0.600. The van der Waals surface area contributed by atoms with E-state index in [1.807, 2.05) is 6.08 Å². The summed E-state index contributed by atoms with van der Waals surface area (Å²) in [5.74, 6) is 0. The molecular formula is C5H12O3S. The minimum absolute atomic E-state index is 1.15. The molecule has 0 unspecified atom stereocenters. The molecule has 2 N–H and O–H groups in total. The van der Waals surface area contributed by atoms with Crippen LogP contribution in [0.15, 0.2) is 12.7 Å². The molecule has 0 bridgehead atoms. The van der Waals surface area contributed by atoms with Crippen molar-refractivity contribution in [2.24, 2.45) is 0 Å². The summed E-state index contributed by atoms with van der Waals surface area (Å²) < 4.78 is 22.8. The normalized spacial score (nSPS) is 8.00. The van der Waals surface area contributed by atoms with Crippen LogP contribution in [-0.2, 0) is 11.4 Å². The average molecular weight is 152 g/mol. The predicted molar refractivity (Wildman–Crippen MR) is 38.5 cm³/mol. The zero-order valence-corrected chi connectivity index (χ0v) is 6.23. The van der Waals surface area contributed by atoms with Gasteiger partial charge in [0.15, 0.2) is 0 Å². The van der Waals surface area contributed by atoms with Crippen LogP contribution in [0.5, 0.6) is 0 Å². The molecular weight excluding hydrogens is 140 g/mol. The van der Waals surface area contributed by atoms with Gasteiger partial charge in [-0.25, -0.2) is 0 Å². The van der Waals surface area contributed by atoms with Crippen LogP contribution in [0.2, 0.25) is 0 Å². The van der Waals surface area contributed by atoms with Crippen molar-refractivity contribution in [3.8, 4) is 0 Å². The van der Waals surface area contributed by atoms with Crippen molar-refractivity contribution < 1.29 is 13.3 Å². The maximum absolute atomic E-state index is 8.67. The third kappa shape index (κ3) is 80.5. The van der Waals surface area contributed by atoms with Gasteiger partial charge < -0.3 is 0 Å². The highest BCUT2D eigenvalue weighted by Crippen LogP contribution is 1.82. The topological polar surface area (TPSA) is 57.5 Å². The highest BCUT2D eigenvalue weighted by Gasteiger charge is 1.62. The minimum Gasteiger partial charge on any atom is -0.284 e. The largest absolute Gasteiger partial charge is 0.299 e. The zero-order chi connectivity index (χ0) is 7.70. The van der Waals surface area contributed by atoms with Gasteiger partial charge in [0.25, 0.3) is 11.4 Å². The third-order valence-electron chi connectivity index (χ3n) is 0.493. The van der Waals surface area contributed by atoms with Crippen molar-refractivity contribution in [1.29, 1.82) is 0 Å². The maximum Gasteiger partial charge on any atom is 0.299 e. The summed E-state index contributed by atoms with van der Waals surface area (Å²) in [7, 11) is 0. The van der Waals surface area contributed by atoms with Crippen molar-refractivity contribution in [2.75, 3.05) is 0 Å². The average Bonchev–Trinajstić information content (AvgIpc) is 1.66. The minimum atomic E-state index is -2.61. The molecule has 4 heteroatoms. The molecule has 0 aliphatic heterocycles. The molecule has 0 saturated heterocycles. The number of unbranched alkanes of at least 4 members (excludes halogenated alkanes) is 1. The van der Waals surface area contributed by atoms with Crippen molar-refractivity contribution in [3.63, 3.8) is 0 Å². The lowest BCUT2D eigenvalue weighted by atomic mass is 10.3. The molecule has 0 aromatic rings. The summed E-state index contributed by atoms with van der Waals surface area (Å²) in [6.07, 6.45) is 4.31. The van der Waals surface area contributed by atoms with E-state index in [1.165, 1.54) is 6.42 Å². The molecule has 9 heavy (non-hydrogen) atoms. The Labute approximate surface area is 57.9 Å². The Morgan fingerprint density at radius 2 is 2.00 bits per heavy atom. The smallest absolute Gasteiger partial charge is 0.284 e. The molecule has 0 amide bonds. The maximum atomic E-state index is 8.67. The first kappa shape index (κ1) is 11.6. The Hall–Kier alpha value is -0.190. The summed E-state index contributed by atoms with van der Waals surface area (Å²) in [5, 5.41) is 0. The van der Waals surface area contributed by atoms with Gasteiger partial charge in [-0.05, 0) is 6.42 Å². The van der Waals surface area contributed by atoms with Gasteiger partial charge in [0, 0.05) is 0 Å². The van der Waals surface area contributed by atoms with Gasteiger partial charge in [0.2, 0.25) is 0 Å². The van der Waals surface area contributed by atoms with Crippen LogP contribution in [0.25, 0.3) is 0 Å². The van der Waals surface area contributed by atoms with E-state index < -0.39 is 11.4 Å². The monoisotopic (exact) mass is 152 g/mol. The Morgan fingerprint density at radius 3 is 2.00 bits per heavy atom. The van der Waals surface area contributed by atoms with Gasteiger partial charge in [0.05, 0.1) is 0 Å². The van der Waals surface area contributed by atoms with Gasteiger partial charge in [0.1, 0.15) is 0 Å². The summed E-state index contributed by atoms with van der Waals surface area (Å²) in [5.41, 5.74) is 0. The number of allylic oxidation sites excluding steroid dienone is 1. The summed E-state index contributed by atoms with van der Waals surface area (Å²) in [6.45, 7) is 5.69. The van der Waals surface area contributed by atoms with E-state index in [2.05, 4.69) is 13.5 Å². The lowest BCUT2D eigenvalue weighted by Crippen LogP contribution is -1.74. The van der Waals surface area contributed by atoms with Gasteiger partial charge in [-0.3, -0.25) is 9.11 Å². The summed E-state index contributed by atoms with van der Waals surface area (Å²) >= 11 is -2.61. The molecule has 0 aliphatic rings. The van der Waals surface area contributed by atoms with E-state index in [4.69, 9.17) is 13.3 Å². The molecule has 0 saturated carbocycles. The second-order valence-corrected chi connectivity index (χ2v) is 1.77. The van der Waals surface area contributed by atoms with E-state index >= 15 is 0 Å². The second kappa shape index (κ2) is 10.7. The molecule has 0 heterocycles. The first-order valence-electron chi connectivity index (χ1n) is 2.56. The van der Waals surface area contributed by atoms with E-state index in [9.17, 15) is 0 Å². The fourth-order valence-corrected chi connectivity index (χ4v) is 0.204. The Balaban J connectivity index is 0. The van der Waals surface area contributed by atoms with E-state index in [0.717, 1.165) is 6.42 Å². The zero-order valence-electron chi connectivity index (χ0n) is 5.41. The van der Waals surface area contributed by atoms with Crippen LogP contribution < -0.4 is 0 Å². The highest BCUT2D eigenvalue weighted by atomic mass is 32.2. The number of hydrogen-bond acceptors (Lipinski definition) is 1. The lowest BCUT2D eigenvalue weighted by molar-refractivity contribution is 0.454. The van der Waals surface area contributed by atoms with Crippen LogP contribution in [0, 0.1) is 0 Å². The van der Waals surface area contributed by atoms with Crippen LogP contribution in [0.1, 0.15) is 19.8 Å². The van der Waals surface area contributed by atoms with Crippen LogP contribution >= 0.6 is 0 Å². The van der Waals surface area contributed by atoms with Gasteiger partial charge in [-0.15, -0.1) is 6.58 Å². The van der Waals surface area contributed by atoms with Crippen molar-refractivity contribution in [2.45, 2.75) is 19.8 Å². The molecule has 0 aromatic heterocycles. The first-order chi connectivity index (χ1) is 4.15. The summed E-state index contributed by atoms with van der Waals surface area (Å²) in [6, 6.07) is 0. The molecule has 0 fully saturated rings. The SMILES string of the molecule is C=CCCC.O=S(O)O. The van der Waals surface area contributed by atoms with Gasteiger partial charge in [-0.1, -0.05) is 19.4 Å². The molecule has 0 spiro atoms. The van der Waals surface area contributed by atoms with E-state index in [-0.39, 0.29) is 0 Å². The van der Waals surface area contributed by atoms with Crippen molar-refractivity contribution >= 4 is 11.4 Å². The van der Waals surface area contributed by atoms with Crippen LogP contribution in [0.4, 0.5) is 0 Å².